The van der Waals surface area contributed by atoms with Crippen LogP contribution < -0.4 is 4.74 Å². The highest BCUT2D eigenvalue weighted by Gasteiger charge is 2.43. The van der Waals surface area contributed by atoms with Gasteiger partial charge in [0.25, 0.3) is 5.83 Å². The highest BCUT2D eigenvalue weighted by atomic mass is 19.3. The zero-order valence-corrected chi connectivity index (χ0v) is 13.8. The fourth-order valence-corrected chi connectivity index (χ4v) is 3.34. The van der Waals surface area contributed by atoms with Gasteiger partial charge in [0.15, 0.2) is 11.6 Å². The molecule has 1 fully saturated rings. The first-order valence-electron chi connectivity index (χ1n) is 8.32. The Hall–Kier alpha value is -1.66. The van der Waals surface area contributed by atoms with Crippen LogP contribution in [0.2, 0.25) is 0 Å². The molecule has 1 aliphatic carbocycles. The first-order valence-corrected chi connectivity index (χ1v) is 8.32. The van der Waals surface area contributed by atoms with E-state index >= 15 is 0 Å². The Morgan fingerprint density at radius 2 is 1.76 bits per heavy atom. The summed E-state index contributed by atoms with van der Waals surface area (Å²) in [4.78, 5) is 0. The van der Waals surface area contributed by atoms with Crippen molar-refractivity contribution in [3.05, 3.63) is 41.5 Å². The molecule has 0 bridgehead atoms. The van der Waals surface area contributed by atoms with E-state index in [0.29, 0.717) is 11.5 Å². The predicted octanol–water partition coefficient (Wildman–Crippen LogP) is 6.95. The SMILES string of the molecule is CCCC1CCC(c2ccc(OC(F)(F)C(F)=C(F)F)c(F)c2)CC1. The van der Waals surface area contributed by atoms with Crippen molar-refractivity contribution in [3.63, 3.8) is 0 Å². The largest absolute Gasteiger partial charge is 0.459 e. The molecule has 25 heavy (non-hydrogen) atoms. The molecule has 2 rings (SSSR count). The van der Waals surface area contributed by atoms with Crippen molar-refractivity contribution in [2.45, 2.75) is 57.5 Å². The topological polar surface area (TPSA) is 9.23 Å². The summed E-state index contributed by atoms with van der Waals surface area (Å²) in [6, 6.07) is 3.41. The second-order valence-corrected chi connectivity index (χ2v) is 6.39. The molecule has 0 aromatic heterocycles. The Labute approximate surface area is 142 Å². The van der Waals surface area contributed by atoms with Crippen LogP contribution in [0.15, 0.2) is 30.1 Å². The van der Waals surface area contributed by atoms with Crippen LogP contribution in [0.3, 0.4) is 0 Å². The molecular formula is C18H20F6O. The zero-order valence-electron chi connectivity index (χ0n) is 13.8. The number of ether oxygens (including phenoxy) is 1. The van der Waals surface area contributed by atoms with E-state index in [4.69, 9.17) is 0 Å². The molecule has 1 nitrogen and oxygen atoms in total. The normalized spacial score (nSPS) is 21.1. The van der Waals surface area contributed by atoms with Crippen LogP contribution in [0.1, 0.15) is 56.9 Å². The number of alkyl halides is 2. The highest BCUT2D eigenvalue weighted by molar-refractivity contribution is 5.32. The molecule has 140 valence electrons. The van der Waals surface area contributed by atoms with Gasteiger partial charge in [0.05, 0.1) is 0 Å². The molecular weight excluding hydrogens is 346 g/mol. The molecule has 1 saturated carbocycles. The maximum atomic E-state index is 14.0. The lowest BCUT2D eigenvalue weighted by molar-refractivity contribution is -0.161. The van der Waals surface area contributed by atoms with Crippen molar-refractivity contribution in [1.29, 1.82) is 0 Å². The highest BCUT2D eigenvalue weighted by Crippen LogP contribution is 2.39. The Morgan fingerprint density at radius 3 is 2.28 bits per heavy atom. The molecule has 1 aromatic carbocycles. The van der Waals surface area contributed by atoms with Gasteiger partial charge >= 0.3 is 12.2 Å². The Balaban J connectivity index is 2.08. The fourth-order valence-electron chi connectivity index (χ4n) is 3.34. The zero-order chi connectivity index (χ0) is 18.6. The monoisotopic (exact) mass is 366 g/mol. The summed E-state index contributed by atoms with van der Waals surface area (Å²) in [7, 11) is 0. The third-order valence-electron chi connectivity index (χ3n) is 4.63. The number of hydrogen-bond donors (Lipinski definition) is 0. The summed E-state index contributed by atoms with van der Waals surface area (Å²) >= 11 is 0. The Bertz CT molecular complexity index is 616. The second kappa shape index (κ2) is 8.15. The van der Waals surface area contributed by atoms with E-state index < -0.39 is 29.6 Å². The van der Waals surface area contributed by atoms with E-state index in [1.54, 1.807) is 0 Å². The number of benzene rings is 1. The summed E-state index contributed by atoms with van der Waals surface area (Å²) in [5.74, 6) is -4.33. The fraction of sp³-hybridized carbons (Fsp3) is 0.556. The van der Waals surface area contributed by atoms with Gasteiger partial charge in [-0.1, -0.05) is 25.8 Å². The minimum Gasteiger partial charge on any atom is -0.424 e. The molecule has 0 unspecified atom stereocenters. The average molecular weight is 366 g/mol. The van der Waals surface area contributed by atoms with E-state index in [9.17, 15) is 26.3 Å². The summed E-state index contributed by atoms with van der Waals surface area (Å²) in [5, 5.41) is 0. The van der Waals surface area contributed by atoms with Crippen molar-refractivity contribution in [3.8, 4) is 5.75 Å². The van der Waals surface area contributed by atoms with Crippen LogP contribution in [0.4, 0.5) is 26.3 Å². The summed E-state index contributed by atoms with van der Waals surface area (Å²) in [5.41, 5.74) is 0.649. The Morgan fingerprint density at radius 1 is 1.12 bits per heavy atom. The molecule has 0 saturated heterocycles. The van der Waals surface area contributed by atoms with Crippen LogP contribution in [0, 0.1) is 11.7 Å². The summed E-state index contributed by atoms with van der Waals surface area (Å²) in [6.07, 6.45) is -2.02. The molecule has 0 spiro atoms. The first-order chi connectivity index (χ1) is 11.7. The number of halogens is 6. The van der Waals surface area contributed by atoms with Gasteiger partial charge in [-0.2, -0.15) is 22.0 Å². The minimum absolute atomic E-state index is 0.122. The van der Waals surface area contributed by atoms with Gasteiger partial charge < -0.3 is 4.74 Å². The van der Waals surface area contributed by atoms with Gasteiger partial charge in [-0.25, -0.2) is 4.39 Å². The number of hydrogen-bond acceptors (Lipinski definition) is 1. The van der Waals surface area contributed by atoms with Crippen molar-refractivity contribution >= 4 is 0 Å². The second-order valence-electron chi connectivity index (χ2n) is 6.39. The van der Waals surface area contributed by atoms with Gasteiger partial charge in [-0.05, 0) is 55.2 Å². The van der Waals surface area contributed by atoms with E-state index in [0.717, 1.165) is 50.7 Å². The molecule has 0 N–H and O–H groups in total. The Kier molecular flexibility index (Phi) is 6.41. The third kappa shape index (κ3) is 4.92. The van der Waals surface area contributed by atoms with Crippen LogP contribution in [0.5, 0.6) is 5.75 Å². The minimum atomic E-state index is -4.92. The van der Waals surface area contributed by atoms with Gasteiger partial charge in [0.2, 0.25) is 0 Å². The molecule has 0 amide bonds. The lowest BCUT2D eigenvalue weighted by Crippen LogP contribution is -2.26. The van der Waals surface area contributed by atoms with Crippen LogP contribution >= 0.6 is 0 Å². The van der Waals surface area contributed by atoms with Gasteiger partial charge in [-0.3, -0.25) is 0 Å². The molecule has 0 atom stereocenters. The van der Waals surface area contributed by atoms with Crippen LogP contribution in [-0.2, 0) is 0 Å². The summed E-state index contributed by atoms with van der Waals surface area (Å²) < 4.78 is 80.9. The molecule has 1 aliphatic rings. The first kappa shape index (κ1) is 19.7. The molecule has 0 radical (unpaired) electrons. The van der Waals surface area contributed by atoms with Gasteiger partial charge in [0, 0.05) is 0 Å². The van der Waals surface area contributed by atoms with Crippen LogP contribution in [0.25, 0.3) is 0 Å². The molecule has 0 aliphatic heterocycles. The van der Waals surface area contributed by atoms with E-state index in [1.807, 2.05) is 0 Å². The third-order valence-corrected chi connectivity index (χ3v) is 4.63. The quantitative estimate of drug-likeness (QED) is 0.495. The van der Waals surface area contributed by atoms with Crippen molar-refractivity contribution in [2.75, 3.05) is 0 Å². The van der Waals surface area contributed by atoms with E-state index in [-0.39, 0.29) is 5.92 Å². The van der Waals surface area contributed by atoms with E-state index in [1.165, 1.54) is 6.07 Å². The molecule has 7 heteroatoms. The van der Waals surface area contributed by atoms with Crippen molar-refractivity contribution in [1.82, 2.24) is 0 Å². The maximum absolute atomic E-state index is 14.0. The van der Waals surface area contributed by atoms with Gasteiger partial charge in [-0.15, -0.1) is 0 Å². The van der Waals surface area contributed by atoms with Crippen molar-refractivity contribution in [2.24, 2.45) is 5.92 Å². The van der Waals surface area contributed by atoms with Gasteiger partial charge in [0.1, 0.15) is 0 Å². The van der Waals surface area contributed by atoms with Crippen molar-refractivity contribution < 1.29 is 31.1 Å². The van der Waals surface area contributed by atoms with Crippen LogP contribution in [-0.4, -0.2) is 6.11 Å². The summed E-state index contributed by atoms with van der Waals surface area (Å²) in [6.45, 7) is 2.13. The maximum Gasteiger partial charge on any atom is 0.459 e. The predicted molar refractivity (Wildman–Crippen MR) is 81.9 cm³/mol. The lowest BCUT2D eigenvalue weighted by Gasteiger charge is -2.28. The molecule has 0 heterocycles. The number of rotatable bonds is 6. The average Bonchev–Trinajstić information content (AvgIpc) is 2.57. The van der Waals surface area contributed by atoms with E-state index in [2.05, 4.69) is 11.7 Å². The smallest absolute Gasteiger partial charge is 0.424 e. The standard InChI is InChI=1S/C18H20F6O/c1-2-3-11-4-6-12(7-5-11)13-8-9-15(14(19)10-13)25-18(23,24)16(20)17(21)22/h8-12H,2-7H2,1H3. The lowest BCUT2D eigenvalue weighted by atomic mass is 9.77. The molecule has 1 aromatic rings.